The predicted octanol–water partition coefficient (Wildman–Crippen LogP) is 3.02. The Bertz CT molecular complexity index is 708. The van der Waals surface area contributed by atoms with Crippen molar-refractivity contribution < 1.29 is 18.0 Å². The number of alkyl halides is 3. The van der Waals surface area contributed by atoms with Crippen molar-refractivity contribution in [2.75, 3.05) is 6.54 Å². The molecule has 0 saturated carbocycles. The van der Waals surface area contributed by atoms with Crippen LogP contribution in [-0.2, 0) is 7.05 Å². The summed E-state index contributed by atoms with van der Waals surface area (Å²) < 4.78 is 40.2. The fourth-order valence-electron chi connectivity index (χ4n) is 2.25. The van der Waals surface area contributed by atoms with E-state index in [1.807, 2.05) is 0 Å². The second kappa shape index (κ2) is 6.17. The van der Waals surface area contributed by atoms with Gasteiger partial charge in [0.25, 0.3) is 5.91 Å². The van der Waals surface area contributed by atoms with E-state index in [-0.39, 0.29) is 11.5 Å². The van der Waals surface area contributed by atoms with Crippen LogP contribution in [0.25, 0.3) is 11.2 Å². The Morgan fingerprint density at radius 1 is 1.30 bits per heavy atom. The molecule has 0 aliphatic carbocycles. The highest BCUT2D eigenvalue weighted by atomic mass is 19.4. The Morgan fingerprint density at radius 3 is 2.52 bits per heavy atom. The van der Waals surface area contributed by atoms with Crippen LogP contribution in [0, 0.1) is 5.92 Å². The number of carbonyl (C=O) groups is 1. The van der Waals surface area contributed by atoms with Gasteiger partial charge >= 0.3 is 6.18 Å². The predicted molar refractivity (Wildman–Crippen MR) is 79.9 cm³/mol. The molecular weight excluding hydrogens is 309 g/mol. The van der Waals surface area contributed by atoms with Crippen molar-refractivity contribution in [1.29, 1.82) is 0 Å². The number of hydrogen-bond acceptors (Lipinski definition) is 3. The lowest BCUT2D eigenvalue weighted by molar-refractivity contribution is -0.145. The molecule has 0 spiro atoms. The zero-order chi connectivity index (χ0) is 17.4. The van der Waals surface area contributed by atoms with E-state index in [0.29, 0.717) is 11.2 Å². The van der Waals surface area contributed by atoms with Gasteiger partial charge in [0.2, 0.25) is 0 Å². The maximum atomic E-state index is 12.8. The van der Waals surface area contributed by atoms with Crippen LogP contribution < -0.4 is 0 Å². The van der Waals surface area contributed by atoms with E-state index in [2.05, 4.69) is 9.97 Å². The molecular formula is C15H19F3N4O. The van der Waals surface area contributed by atoms with Gasteiger partial charge in [0, 0.05) is 19.3 Å². The summed E-state index contributed by atoms with van der Waals surface area (Å²) in [5, 5.41) is 0. The lowest BCUT2D eigenvalue weighted by atomic mass is 10.0. The Kier molecular flexibility index (Phi) is 4.63. The Balaban J connectivity index is 2.37. The first-order chi connectivity index (χ1) is 10.6. The van der Waals surface area contributed by atoms with Crippen molar-refractivity contribution >= 4 is 17.1 Å². The highest BCUT2D eigenvalue weighted by molar-refractivity contribution is 5.96. The molecule has 0 aliphatic heterocycles. The number of imidazole rings is 1. The summed E-state index contributed by atoms with van der Waals surface area (Å²) in [6, 6.07) is 0.921. The van der Waals surface area contributed by atoms with E-state index in [1.54, 1.807) is 32.4 Å². The Labute approximate surface area is 132 Å². The topological polar surface area (TPSA) is 51.0 Å². The molecule has 0 unspecified atom stereocenters. The zero-order valence-electron chi connectivity index (χ0n) is 13.4. The van der Waals surface area contributed by atoms with Gasteiger partial charge in [0.1, 0.15) is 12.1 Å². The van der Waals surface area contributed by atoms with E-state index in [4.69, 9.17) is 0 Å². The third-order valence-electron chi connectivity index (χ3n) is 3.87. The maximum Gasteiger partial charge on any atom is 0.406 e. The van der Waals surface area contributed by atoms with Gasteiger partial charge in [0.05, 0.1) is 11.9 Å². The number of halogens is 3. The van der Waals surface area contributed by atoms with Crippen LogP contribution in [-0.4, -0.2) is 44.1 Å². The van der Waals surface area contributed by atoms with Crippen molar-refractivity contribution in [1.82, 2.24) is 19.4 Å². The average Bonchev–Trinajstić information content (AvgIpc) is 2.83. The number of aryl methyl sites for hydroxylation is 1. The van der Waals surface area contributed by atoms with E-state index in [9.17, 15) is 18.0 Å². The SMILES string of the molecule is CC(C)[C@@H](C)N(CC(F)(F)F)C(=O)c1cnc2c(c1)ncn2C. The minimum atomic E-state index is -4.46. The number of aromatic nitrogens is 3. The normalized spacial score (nSPS) is 13.6. The Morgan fingerprint density at radius 2 is 1.96 bits per heavy atom. The number of nitrogens with zero attached hydrogens (tertiary/aromatic N) is 4. The summed E-state index contributed by atoms with van der Waals surface area (Å²) in [4.78, 5) is 21.6. The molecule has 0 saturated heterocycles. The molecule has 0 bridgehead atoms. The molecule has 0 fully saturated rings. The molecule has 2 aromatic heterocycles. The standard InChI is InChI=1S/C15H19F3N4O/c1-9(2)10(3)22(7-15(16,17)18)14(23)11-5-12-13(19-6-11)21(4)8-20-12/h5-6,8-10H,7H2,1-4H3/t10-/m1/s1. The van der Waals surface area contributed by atoms with E-state index < -0.39 is 24.7 Å². The minimum Gasteiger partial charge on any atom is -0.327 e. The largest absolute Gasteiger partial charge is 0.406 e. The summed E-state index contributed by atoms with van der Waals surface area (Å²) in [7, 11) is 1.75. The first-order valence-corrected chi connectivity index (χ1v) is 7.25. The van der Waals surface area contributed by atoms with Gasteiger partial charge in [-0.1, -0.05) is 13.8 Å². The molecule has 0 aliphatic rings. The van der Waals surface area contributed by atoms with Gasteiger partial charge in [0.15, 0.2) is 5.65 Å². The summed E-state index contributed by atoms with van der Waals surface area (Å²) >= 11 is 0. The first kappa shape index (κ1) is 17.2. The lowest BCUT2D eigenvalue weighted by Gasteiger charge is -2.32. The second-order valence-electron chi connectivity index (χ2n) is 5.96. The van der Waals surface area contributed by atoms with Crippen LogP contribution in [0.2, 0.25) is 0 Å². The van der Waals surface area contributed by atoms with Gasteiger partial charge < -0.3 is 9.47 Å². The maximum absolute atomic E-state index is 12.8. The van der Waals surface area contributed by atoms with Gasteiger partial charge in [-0.15, -0.1) is 0 Å². The van der Waals surface area contributed by atoms with Crippen molar-refractivity contribution in [3.8, 4) is 0 Å². The molecule has 0 aromatic carbocycles. The van der Waals surface area contributed by atoms with E-state index in [1.165, 1.54) is 18.6 Å². The van der Waals surface area contributed by atoms with Gasteiger partial charge in [-0.3, -0.25) is 4.79 Å². The van der Waals surface area contributed by atoms with Crippen LogP contribution >= 0.6 is 0 Å². The third kappa shape index (κ3) is 3.80. The van der Waals surface area contributed by atoms with Gasteiger partial charge in [-0.25, -0.2) is 9.97 Å². The molecule has 126 valence electrons. The molecule has 0 radical (unpaired) electrons. The molecule has 1 atom stereocenters. The number of pyridine rings is 1. The van der Waals surface area contributed by atoms with Crippen LogP contribution in [0.15, 0.2) is 18.6 Å². The summed E-state index contributed by atoms with van der Waals surface area (Å²) in [6.45, 7) is 3.88. The summed E-state index contributed by atoms with van der Waals surface area (Å²) in [6.07, 6.45) is -1.62. The molecule has 5 nitrogen and oxygen atoms in total. The first-order valence-electron chi connectivity index (χ1n) is 7.25. The van der Waals surface area contributed by atoms with Crippen LogP contribution in [0.1, 0.15) is 31.1 Å². The Hall–Kier alpha value is -2.12. The molecule has 1 amide bonds. The zero-order valence-corrected chi connectivity index (χ0v) is 13.4. The van der Waals surface area contributed by atoms with Crippen LogP contribution in [0.4, 0.5) is 13.2 Å². The fraction of sp³-hybridized carbons (Fsp3) is 0.533. The smallest absolute Gasteiger partial charge is 0.327 e. The van der Waals surface area contributed by atoms with Crippen LogP contribution in [0.5, 0.6) is 0 Å². The highest BCUT2D eigenvalue weighted by Gasteiger charge is 2.36. The quantitative estimate of drug-likeness (QED) is 0.867. The van der Waals surface area contributed by atoms with E-state index in [0.717, 1.165) is 4.90 Å². The monoisotopic (exact) mass is 328 g/mol. The molecule has 2 aromatic rings. The van der Waals surface area contributed by atoms with Crippen molar-refractivity contribution in [3.05, 3.63) is 24.2 Å². The fourth-order valence-corrected chi connectivity index (χ4v) is 2.25. The molecule has 8 heteroatoms. The summed E-state index contributed by atoms with van der Waals surface area (Å²) in [5.74, 6) is -0.795. The number of carbonyl (C=O) groups excluding carboxylic acids is 1. The van der Waals surface area contributed by atoms with Crippen molar-refractivity contribution in [2.45, 2.75) is 33.0 Å². The number of hydrogen-bond donors (Lipinski definition) is 0. The number of rotatable bonds is 4. The third-order valence-corrected chi connectivity index (χ3v) is 3.87. The van der Waals surface area contributed by atoms with E-state index >= 15 is 0 Å². The van der Waals surface area contributed by atoms with Gasteiger partial charge in [-0.05, 0) is 18.9 Å². The highest BCUT2D eigenvalue weighted by Crippen LogP contribution is 2.23. The minimum absolute atomic E-state index is 0.104. The molecule has 2 rings (SSSR count). The van der Waals surface area contributed by atoms with Crippen molar-refractivity contribution in [2.24, 2.45) is 13.0 Å². The van der Waals surface area contributed by atoms with Gasteiger partial charge in [-0.2, -0.15) is 13.2 Å². The average molecular weight is 328 g/mol. The lowest BCUT2D eigenvalue weighted by Crippen LogP contribution is -2.46. The molecule has 2 heterocycles. The second-order valence-corrected chi connectivity index (χ2v) is 5.96. The van der Waals surface area contributed by atoms with Crippen LogP contribution in [0.3, 0.4) is 0 Å². The molecule has 0 N–H and O–H groups in total. The summed E-state index contributed by atoms with van der Waals surface area (Å²) in [5.41, 5.74) is 1.15. The number of amides is 1. The molecule has 23 heavy (non-hydrogen) atoms. The van der Waals surface area contributed by atoms with Crippen molar-refractivity contribution in [3.63, 3.8) is 0 Å². The number of fused-ring (bicyclic) bond motifs is 1.